The molecule has 0 N–H and O–H groups in total. The van der Waals surface area contributed by atoms with Gasteiger partial charge < -0.3 is 9.09 Å². The van der Waals surface area contributed by atoms with Crippen LogP contribution in [0.4, 0.5) is 0 Å². The van der Waals surface area contributed by atoms with Gasteiger partial charge in [0.2, 0.25) is 11.7 Å². The van der Waals surface area contributed by atoms with Gasteiger partial charge in [-0.2, -0.15) is 4.98 Å². The lowest BCUT2D eigenvalue weighted by Gasteiger charge is -1.93. The van der Waals surface area contributed by atoms with Gasteiger partial charge in [0.05, 0.1) is 6.42 Å². The number of imidazole rings is 1. The van der Waals surface area contributed by atoms with Crippen LogP contribution >= 0.6 is 0 Å². The Morgan fingerprint density at radius 1 is 1.59 bits per heavy atom. The van der Waals surface area contributed by atoms with Crippen molar-refractivity contribution in [1.29, 1.82) is 0 Å². The molecule has 0 aromatic carbocycles. The molecule has 2 aromatic rings. The average Bonchev–Trinajstić information content (AvgIpc) is 2.93. The van der Waals surface area contributed by atoms with E-state index in [-0.39, 0.29) is 18.1 Å². The van der Waals surface area contributed by atoms with E-state index in [9.17, 15) is 4.79 Å². The maximum atomic E-state index is 11.6. The summed E-state index contributed by atoms with van der Waals surface area (Å²) in [7, 11) is 1.85. The fourth-order valence-electron chi connectivity index (χ4n) is 1.70. The number of hydrogen-bond acceptors (Lipinski definition) is 5. The number of aryl methyl sites for hydroxylation is 1. The molecular formula is C11H12N4O2. The highest BCUT2D eigenvalue weighted by Gasteiger charge is 2.30. The SMILES string of the molecule is Cn1ccnc1-c1noc(CC(=O)C2CC2)n1. The van der Waals surface area contributed by atoms with Crippen LogP contribution in [0, 0.1) is 5.92 Å². The molecular weight excluding hydrogens is 220 g/mol. The zero-order chi connectivity index (χ0) is 11.8. The molecule has 0 spiro atoms. The Labute approximate surface area is 97.7 Å². The molecule has 0 unspecified atom stereocenters. The molecule has 0 radical (unpaired) electrons. The van der Waals surface area contributed by atoms with Gasteiger partial charge in [-0.05, 0) is 12.8 Å². The van der Waals surface area contributed by atoms with Crippen LogP contribution in [0.2, 0.25) is 0 Å². The number of Topliss-reactive ketones (excluding diaryl/α,β-unsaturated/α-hetero) is 1. The van der Waals surface area contributed by atoms with E-state index in [1.807, 2.05) is 7.05 Å². The summed E-state index contributed by atoms with van der Waals surface area (Å²) in [6.45, 7) is 0. The number of ketones is 1. The summed E-state index contributed by atoms with van der Waals surface area (Å²) in [4.78, 5) is 19.9. The molecule has 1 aliphatic carbocycles. The molecule has 17 heavy (non-hydrogen) atoms. The maximum Gasteiger partial charge on any atom is 0.238 e. The Hall–Kier alpha value is -1.98. The largest absolute Gasteiger partial charge is 0.338 e. The van der Waals surface area contributed by atoms with Crippen molar-refractivity contribution in [3.05, 3.63) is 18.3 Å². The maximum absolute atomic E-state index is 11.6. The highest BCUT2D eigenvalue weighted by Crippen LogP contribution is 2.30. The van der Waals surface area contributed by atoms with Gasteiger partial charge in [0.25, 0.3) is 0 Å². The lowest BCUT2D eigenvalue weighted by molar-refractivity contribution is -0.119. The first-order valence-corrected chi connectivity index (χ1v) is 5.57. The van der Waals surface area contributed by atoms with Crippen LogP contribution in [0.5, 0.6) is 0 Å². The second-order valence-electron chi connectivity index (χ2n) is 4.29. The van der Waals surface area contributed by atoms with Crippen molar-refractivity contribution in [2.24, 2.45) is 13.0 Å². The van der Waals surface area contributed by atoms with Gasteiger partial charge >= 0.3 is 0 Å². The molecule has 0 bridgehead atoms. The molecule has 0 atom stereocenters. The second kappa shape index (κ2) is 3.80. The zero-order valence-electron chi connectivity index (χ0n) is 9.46. The average molecular weight is 232 g/mol. The topological polar surface area (TPSA) is 73.8 Å². The van der Waals surface area contributed by atoms with E-state index in [2.05, 4.69) is 15.1 Å². The minimum absolute atomic E-state index is 0.194. The van der Waals surface area contributed by atoms with Crippen molar-refractivity contribution in [2.75, 3.05) is 0 Å². The van der Waals surface area contributed by atoms with Gasteiger partial charge in [-0.1, -0.05) is 5.16 Å². The number of aromatic nitrogens is 4. The van der Waals surface area contributed by atoms with Crippen LogP contribution in [0.3, 0.4) is 0 Å². The molecule has 0 aliphatic heterocycles. The summed E-state index contributed by atoms with van der Waals surface area (Å²) in [5.41, 5.74) is 0. The van der Waals surface area contributed by atoms with Crippen molar-refractivity contribution in [1.82, 2.24) is 19.7 Å². The third-order valence-corrected chi connectivity index (χ3v) is 2.85. The second-order valence-corrected chi connectivity index (χ2v) is 4.29. The number of nitrogens with zero attached hydrogens (tertiary/aromatic N) is 4. The molecule has 88 valence electrons. The van der Waals surface area contributed by atoms with Crippen molar-refractivity contribution in [3.63, 3.8) is 0 Å². The van der Waals surface area contributed by atoms with E-state index in [1.54, 1.807) is 17.0 Å². The minimum Gasteiger partial charge on any atom is -0.338 e. The van der Waals surface area contributed by atoms with Gasteiger partial charge in [0.15, 0.2) is 5.82 Å². The highest BCUT2D eigenvalue weighted by molar-refractivity contribution is 5.84. The first kappa shape index (κ1) is 10.2. The monoisotopic (exact) mass is 232 g/mol. The normalized spacial score (nSPS) is 15.1. The van der Waals surface area contributed by atoms with Crippen LogP contribution in [-0.2, 0) is 18.3 Å². The number of carbonyl (C=O) groups is 1. The third kappa shape index (κ3) is 1.98. The summed E-state index contributed by atoms with van der Waals surface area (Å²) in [6.07, 6.45) is 5.71. The Bertz CT molecular complexity index is 553. The Morgan fingerprint density at radius 2 is 2.41 bits per heavy atom. The standard InChI is InChI=1S/C11H12N4O2/c1-15-5-4-12-11(15)10-13-9(17-14-10)6-8(16)7-2-3-7/h4-5,7H,2-3,6H2,1H3. The van der Waals surface area contributed by atoms with Crippen LogP contribution in [0.25, 0.3) is 11.6 Å². The van der Waals surface area contributed by atoms with E-state index in [0.29, 0.717) is 17.5 Å². The van der Waals surface area contributed by atoms with Gasteiger partial charge in [0, 0.05) is 25.4 Å². The highest BCUT2D eigenvalue weighted by atomic mass is 16.5. The Balaban J connectivity index is 1.78. The predicted octanol–water partition coefficient (Wildman–Crippen LogP) is 0.992. The minimum atomic E-state index is 0.194. The molecule has 2 aromatic heterocycles. The third-order valence-electron chi connectivity index (χ3n) is 2.85. The van der Waals surface area contributed by atoms with Crippen LogP contribution in [0.1, 0.15) is 18.7 Å². The fraction of sp³-hybridized carbons (Fsp3) is 0.455. The Morgan fingerprint density at radius 3 is 3.06 bits per heavy atom. The predicted molar refractivity (Wildman–Crippen MR) is 57.9 cm³/mol. The smallest absolute Gasteiger partial charge is 0.238 e. The molecule has 6 nitrogen and oxygen atoms in total. The van der Waals surface area contributed by atoms with Crippen LogP contribution in [-0.4, -0.2) is 25.5 Å². The molecule has 0 saturated heterocycles. The van der Waals surface area contributed by atoms with Gasteiger partial charge in [-0.3, -0.25) is 4.79 Å². The van der Waals surface area contributed by atoms with Gasteiger partial charge in [-0.15, -0.1) is 0 Å². The molecule has 3 rings (SSSR count). The first-order chi connectivity index (χ1) is 8.24. The summed E-state index contributed by atoms with van der Waals surface area (Å²) in [6, 6.07) is 0. The van der Waals surface area contributed by atoms with E-state index in [0.717, 1.165) is 12.8 Å². The van der Waals surface area contributed by atoms with Crippen molar-refractivity contribution in [3.8, 4) is 11.6 Å². The summed E-state index contributed by atoms with van der Waals surface area (Å²) < 4.78 is 6.86. The first-order valence-electron chi connectivity index (χ1n) is 5.57. The summed E-state index contributed by atoms with van der Waals surface area (Å²) in [5, 5.41) is 3.83. The van der Waals surface area contributed by atoms with E-state index >= 15 is 0 Å². The van der Waals surface area contributed by atoms with Crippen LogP contribution < -0.4 is 0 Å². The van der Waals surface area contributed by atoms with Crippen molar-refractivity contribution >= 4 is 5.78 Å². The molecule has 1 saturated carbocycles. The number of carbonyl (C=O) groups excluding carboxylic acids is 1. The Kier molecular flexibility index (Phi) is 2.28. The summed E-state index contributed by atoms with van der Waals surface area (Å²) in [5.74, 6) is 1.86. The quantitative estimate of drug-likeness (QED) is 0.785. The van der Waals surface area contributed by atoms with E-state index in [4.69, 9.17) is 4.52 Å². The van der Waals surface area contributed by atoms with Gasteiger partial charge in [-0.25, -0.2) is 4.98 Å². The fourth-order valence-corrected chi connectivity index (χ4v) is 1.70. The van der Waals surface area contributed by atoms with Gasteiger partial charge in [0.1, 0.15) is 5.78 Å². The number of hydrogen-bond donors (Lipinski definition) is 0. The molecule has 6 heteroatoms. The molecule has 0 amide bonds. The molecule has 2 heterocycles. The lowest BCUT2D eigenvalue weighted by atomic mass is 10.2. The number of rotatable bonds is 4. The zero-order valence-corrected chi connectivity index (χ0v) is 9.46. The molecule has 1 aliphatic rings. The van der Waals surface area contributed by atoms with Crippen LogP contribution in [0.15, 0.2) is 16.9 Å². The summed E-state index contributed by atoms with van der Waals surface area (Å²) >= 11 is 0. The molecule has 1 fully saturated rings. The van der Waals surface area contributed by atoms with Crippen molar-refractivity contribution in [2.45, 2.75) is 19.3 Å². The lowest BCUT2D eigenvalue weighted by Crippen LogP contribution is -2.04. The van der Waals surface area contributed by atoms with E-state index in [1.165, 1.54) is 0 Å². The van der Waals surface area contributed by atoms with E-state index < -0.39 is 0 Å². The van der Waals surface area contributed by atoms with Crippen molar-refractivity contribution < 1.29 is 9.32 Å².